The first-order valence-corrected chi connectivity index (χ1v) is 5.94. The van der Waals surface area contributed by atoms with Gasteiger partial charge in [0, 0.05) is 12.7 Å². The van der Waals surface area contributed by atoms with Crippen molar-refractivity contribution in [1.29, 1.82) is 0 Å². The summed E-state index contributed by atoms with van der Waals surface area (Å²) in [5.74, 6) is -0.845. The molecule has 0 aliphatic carbocycles. The molecule has 0 aliphatic rings. The zero-order valence-corrected chi connectivity index (χ0v) is 11.5. The molecular weight excluding hydrogens is 305 g/mol. The van der Waals surface area contributed by atoms with Crippen LogP contribution in [0.3, 0.4) is 0 Å². The second-order valence-electron chi connectivity index (χ2n) is 3.56. The third-order valence-electron chi connectivity index (χ3n) is 2.19. The van der Waals surface area contributed by atoms with E-state index >= 15 is 0 Å². The first kappa shape index (κ1) is 14.4. The van der Waals surface area contributed by atoms with Gasteiger partial charge < -0.3 is 10.6 Å². The fourth-order valence-corrected chi connectivity index (χ4v) is 1.59. The number of benzene rings is 1. The average molecular weight is 318 g/mol. The molecule has 18 heavy (non-hydrogen) atoms. The molecule has 1 aromatic rings. The van der Waals surface area contributed by atoms with Crippen molar-refractivity contribution in [3.05, 3.63) is 28.0 Å². The Bertz CT molecular complexity index is 480. The Morgan fingerprint density at radius 1 is 1.39 bits per heavy atom. The Kier molecular flexibility index (Phi) is 5.08. The number of hydrogen-bond acceptors (Lipinski definition) is 3. The molecule has 0 atom stereocenters. The lowest BCUT2D eigenvalue weighted by molar-refractivity contribution is -0.118. The van der Waals surface area contributed by atoms with E-state index in [2.05, 4.69) is 31.9 Å². The van der Waals surface area contributed by atoms with Crippen LogP contribution in [0, 0.1) is 12.7 Å². The van der Waals surface area contributed by atoms with Gasteiger partial charge in [0.15, 0.2) is 0 Å². The van der Waals surface area contributed by atoms with Crippen molar-refractivity contribution >= 4 is 33.6 Å². The minimum Gasteiger partial charge on any atom is -0.376 e. The SMILES string of the molecule is CNC(=O)NC(=O)CNc1cc(Br)c(F)cc1C. The van der Waals surface area contributed by atoms with Crippen LogP contribution in [0.2, 0.25) is 0 Å². The third kappa shape index (κ3) is 3.99. The average Bonchev–Trinajstić information content (AvgIpc) is 2.32. The molecule has 0 radical (unpaired) electrons. The molecule has 0 fully saturated rings. The molecule has 0 unspecified atom stereocenters. The molecule has 0 spiro atoms. The first-order valence-electron chi connectivity index (χ1n) is 5.15. The van der Waals surface area contributed by atoms with Crippen LogP contribution in [-0.2, 0) is 4.79 Å². The van der Waals surface area contributed by atoms with Crippen LogP contribution in [0.4, 0.5) is 14.9 Å². The van der Waals surface area contributed by atoms with Gasteiger partial charge >= 0.3 is 6.03 Å². The molecule has 3 amide bonds. The minimum atomic E-state index is -0.571. The molecule has 0 aromatic heterocycles. The van der Waals surface area contributed by atoms with Gasteiger partial charge in [0.25, 0.3) is 0 Å². The highest BCUT2D eigenvalue weighted by molar-refractivity contribution is 9.10. The lowest BCUT2D eigenvalue weighted by atomic mass is 10.2. The van der Waals surface area contributed by atoms with Gasteiger partial charge in [-0.15, -0.1) is 0 Å². The molecule has 0 saturated heterocycles. The molecule has 1 aromatic carbocycles. The van der Waals surface area contributed by atoms with Crippen LogP contribution in [-0.4, -0.2) is 25.5 Å². The summed E-state index contributed by atoms with van der Waals surface area (Å²) in [7, 11) is 1.41. The predicted molar refractivity (Wildman–Crippen MR) is 69.9 cm³/mol. The summed E-state index contributed by atoms with van der Waals surface area (Å²) in [6, 6.07) is 2.32. The van der Waals surface area contributed by atoms with E-state index in [-0.39, 0.29) is 12.4 Å². The molecule has 0 saturated carbocycles. The Balaban J connectivity index is 2.61. The molecular formula is C11H13BrFN3O2. The predicted octanol–water partition coefficient (Wildman–Crippen LogP) is 1.76. The minimum absolute atomic E-state index is 0.0771. The zero-order valence-electron chi connectivity index (χ0n) is 9.93. The van der Waals surface area contributed by atoms with E-state index in [0.29, 0.717) is 15.7 Å². The number of amides is 3. The lowest BCUT2D eigenvalue weighted by Crippen LogP contribution is -2.40. The number of carbonyl (C=O) groups excluding carboxylic acids is 2. The largest absolute Gasteiger partial charge is 0.376 e. The number of rotatable bonds is 3. The van der Waals surface area contributed by atoms with E-state index in [0.717, 1.165) is 0 Å². The Morgan fingerprint density at radius 2 is 2.06 bits per heavy atom. The number of anilines is 1. The van der Waals surface area contributed by atoms with Crippen molar-refractivity contribution in [3.63, 3.8) is 0 Å². The number of carbonyl (C=O) groups is 2. The van der Waals surface area contributed by atoms with Crippen molar-refractivity contribution in [3.8, 4) is 0 Å². The summed E-state index contributed by atoms with van der Waals surface area (Å²) in [4.78, 5) is 22.2. The number of hydrogen-bond donors (Lipinski definition) is 3. The highest BCUT2D eigenvalue weighted by Crippen LogP contribution is 2.23. The first-order chi connectivity index (χ1) is 8.43. The third-order valence-corrected chi connectivity index (χ3v) is 2.79. The molecule has 7 heteroatoms. The van der Waals surface area contributed by atoms with Crippen LogP contribution in [0.15, 0.2) is 16.6 Å². The summed E-state index contributed by atoms with van der Waals surface area (Å²) in [5, 5.41) is 7.20. The molecule has 5 nitrogen and oxygen atoms in total. The lowest BCUT2D eigenvalue weighted by Gasteiger charge is -2.10. The van der Waals surface area contributed by atoms with Crippen LogP contribution in [0.1, 0.15) is 5.56 Å². The quantitative estimate of drug-likeness (QED) is 0.795. The Hall–Kier alpha value is -1.63. The van der Waals surface area contributed by atoms with E-state index < -0.39 is 11.9 Å². The van der Waals surface area contributed by atoms with Gasteiger partial charge in [-0.25, -0.2) is 9.18 Å². The Morgan fingerprint density at radius 3 is 2.67 bits per heavy atom. The van der Waals surface area contributed by atoms with Crippen molar-refractivity contribution in [2.45, 2.75) is 6.92 Å². The van der Waals surface area contributed by atoms with Crippen LogP contribution >= 0.6 is 15.9 Å². The van der Waals surface area contributed by atoms with Crippen molar-refractivity contribution in [1.82, 2.24) is 10.6 Å². The Labute approximate surface area is 112 Å². The molecule has 0 aliphatic heterocycles. The molecule has 3 N–H and O–H groups in total. The standard InChI is InChI=1S/C11H13BrFN3O2/c1-6-3-8(13)7(12)4-9(6)15-5-10(17)16-11(18)14-2/h3-4,15H,5H2,1-2H3,(H2,14,16,17,18). The molecule has 98 valence electrons. The summed E-state index contributed by atoms with van der Waals surface area (Å²) in [6.07, 6.45) is 0. The number of urea groups is 1. The maximum Gasteiger partial charge on any atom is 0.321 e. The summed E-state index contributed by atoms with van der Waals surface area (Å²) in [6.45, 7) is 1.64. The summed E-state index contributed by atoms with van der Waals surface area (Å²) < 4.78 is 13.5. The molecule has 0 heterocycles. The fourth-order valence-electron chi connectivity index (χ4n) is 1.25. The number of nitrogens with one attached hydrogen (secondary N) is 3. The number of aryl methyl sites for hydroxylation is 1. The summed E-state index contributed by atoms with van der Waals surface area (Å²) in [5.41, 5.74) is 1.29. The van der Waals surface area contributed by atoms with E-state index in [1.807, 2.05) is 0 Å². The number of halogens is 2. The van der Waals surface area contributed by atoms with Crippen LogP contribution in [0.25, 0.3) is 0 Å². The normalized spacial score (nSPS) is 9.78. The molecule has 1 rings (SSSR count). The topological polar surface area (TPSA) is 70.2 Å². The second kappa shape index (κ2) is 6.34. The fraction of sp³-hybridized carbons (Fsp3) is 0.273. The highest BCUT2D eigenvalue weighted by Gasteiger charge is 2.08. The highest BCUT2D eigenvalue weighted by atomic mass is 79.9. The van der Waals surface area contributed by atoms with E-state index in [4.69, 9.17) is 0 Å². The van der Waals surface area contributed by atoms with Crippen molar-refractivity contribution in [2.75, 3.05) is 18.9 Å². The maximum absolute atomic E-state index is 13.2. The van der Waals surface area contributed by atoms with Gasteiger partial charge in [-0.3, -0.25) is 10.1 Å². The van der Waals surface area contributed by atoms with Gasteiger partial charge in [-0.1, -0.05) is 0 Å². The van der Waals surface area contributed by atoms with Gasteiger partial charge in [0.2, 0.25) is 5.91 Å². The van der Waals surface area contributed by atoms with Crippen LogP contribution in [0.5, 0.6) is 0 Å². The number of imide groups is 1. The second-order valence-corrected chi connectivity index (χ2v) is 4.42. The molecule has 0 bridgehead atoms. The van der Waals surface area contributed by atoms with Crippen LogP contribution < -0.4 is 16.0 Å². The van der Waals surface area contributed by atoms with E-state index in [1.165, 1.54) is 19.2 Å². The van der Waals surface area contributed by atoms with E-state index in [9.17, 15) is 14.0 Å². The van der Waals surface area contributed by atoms with E-state index in [1.54, 1.807) is 6.92 Å². The van der Waals surface area contributed by atoms with Gasteiger partial charge in [0.05, 0.1) is 11.0 Å². The monoisotopic (exact) mass is 317 g/mol. The summed E-state index contributed by atoms with van der Waals surface area (Å²) >= 11 is 3.06. The van der Waals surface area contributed by atoms with Gasteiger partial charge in [-0.05, 0) is 40.5 Å². The smallest absolute Gasteiger partial charge is 0.321 e. The van der Waals surface area contributed by atoms with Gasteiger partial charge in [0.1, 0.15) is 5.82 Å². The maximum atomic E-state index is 13.2. The van der Waals surface area contributed by atoms with Crippen molar-refractivity contribution < 1.29 is 14.0 Å². The van der Waals surface area contributed by atoms with Gasteiger partial charge in [-0.2, -0.15) is 0 Å². The van der Waals surface area contributed by atoms with Crippen molar-refractivity contribution in [2.24, 2.45) is 0 Å². The zero-order chi connectivity index (χ0) is 13.7.